The van der Waals surface area contributed by atoms with Crippen LogP contribution in [0.4, 0.5) is 0 Å². The number of aromatic amines is 1. The summed E-state index contributed by atoms with van der Waals surface area (Å²) < 4.78 is 32.0. The molecule has 3 rings (SSSR count). The zero-order valence-corrected chi connectivity index (χ0v) is 18.0. The second-order valence-electron chi connectivity index (χ2n) is 7.71. The fraction of sp³-hybridized carbons (Fsp3) is 0.429. The summed E-state index contributed by atoms with van der Waals surface area (Å²) in [6, 6.07) is 7.27. The van der Waals surface area contributed by atoms with Crippen LogP contribution in [0.5, 0.6) is 5.75 Å². The van der Waals surface area contributed by atoms with E-state index >= 15 is 0 Å². The zero-order valence-electron chi connectivity index (χ0n) is 17.2. The van der Waals surface area contributed by atoms with Crippen molar-refractivity contribution in [2.45, 2.75) is 38.1 Å². The number of hydrogen-bond donors (Lipinski definition) is 2. The first-order valence-corrected chi connectivity index (χ1v) is 11.4. The Labute approximate surface area is 176 Å². The summed E-state index contributed by atoms with van der Waals surface area (Å²) in [6.07, 6.45) is 3.23. The van der Waals surface area contributed by atoms with E-state index in [9.17, 15) is 18.0 Å². The third-order valence-corrected chi connectivity index (χ3v) is 6.68. The fourth-order valence-corrected chi connectivity index (χ4v) is 4.62. The number of hydrogen-bond acceptors (Lipinski definition) is 5. The number of H-pyrrole nitrogens is 1. The van der Waals surface area contributed by atoms with Crippen LogP contribution in [0.15, 0.2) is 46.2 Å². The summed E-state index contributed by atoms with van der Waals surface area (Å²) in [7, 11) is -3.51. The van der Waals surface area contributed by atoms with Gasteiger partial charge in [-0.3, -0.25) is 9.59 Å². The number of nitrogens with one attached hydrogen (secondary N) is 2. The lowest BCUT2D eigenvalue weighted by atomic mass is 10.2. The first-order chi connectivity index (χ1) is 14.3. The lowest BCUT2D eigenvalue weighted by Gasteiger charge is -2.15. The Balaban J connectivity index is 1.60. The molecule has 1 aromatic heterocycles. The zero-order chi connectivity index (χ0) is 21.7. The first-order valence-electron chi connectivity index (χ1n) is 10.00. The Morgan fingerprint density at radius 2 is 1.87 bits per heavy atom. The number of carbonyl (C=O) groups excluding carboxylic acids is 1. The quantitative estimate of drug-likeness (QED) is 0.663. The minimum absolute atomic E-state index is 0.131. The van der Waals surface area contributed by atoms with E-state index < -0.39 is 10.0 Å². The predicted molar refractivity (Wildman–Crippen MR) is 113 cm³/mol. The van der Waals surface area contributed by atoms with Gasteiger partial charge in [-0.15, -0.1) is 0 Å². The number of pyridine rings is 1. The Morgan fingerprint density at radius 3 is 2.47 bits per heavy atom. The lowest BCUT2D eigenvalue weighted by molar-refractivity contribution is 0.0950. The van der Waals surface area contributed by atoms with Gasteiger partial charge >= 0.3 is 0 Å². The molecule has 1 aromatic carbocycles. The summed E-state index contributed by atoms with van der Waals surface area (Å²) in [5.41, 5.74) is 0.628. The molecule has 1 amide bonds. The molecule has 0 atom stereocenters. The second-order valence-corrected chi connectivity index (χ2v) is 9.65. The number of ether oxygens (including phenoxy) is 1. The van der Waals surface area contributed by atoms with Crippen molar-refractivity contribution >= 4 is 15.9 Å². The van der Waals surface area contributed by atoms with Gasteiger partial charge in [-0.25, -0.2) is 8.42 Å². The van der Waals surface area contributed by atoms with Gasteiger partial charge in [0.1, 0.15) is 0 Å². The van der Waals surface area contributed by atoms with Gasteiger partial charge in [-0.2, -0.15) is 4.31 Å². The molecule has 0 aliphatic carbocycles. The minimum atomic E-state index is -3.51. The lowest BCUT2D eigenvalue weighted by Crippen LogP contribution is -2.28. The van der Waals surface area contributed by atoms with Crippen LogP contribution in [-0.2, 0) is 16.6 Å². The molecule has 2 N–H and O–H groups in total. The molecule has 1 fully saturated rings. The van der Waals surface area contributed by atoms with Crippen molar-refractivity contribution in [2.75, 3.05) is 19.7 Å². The van der Waals surface area contributed by atoms with Crippen LogP contribution in [0.25, 0.3) is 0 Å². The largest absolute Gasteiger partial charge is 0.488 e. The SMILES string of the molecule is CC(C)COc1c[nH]c(CNC(=O)c2ccc(S(=O)(=O)N3CCCC3)cc2)cc1=O. The molecule has 2 aromatic rings. The molecule has 2 heterocycles. The molecule has 0 radical (unpaired) electrons. The number of carbonyl (C=O) groups is 1. The number of nitrogens with zero attached hydrogens (tertiary/aromatic N) is 1. The highest BCUT2D eigenvalue weighted by atomic mass is 32.2. The van der Waals surface area contributed by atoms with E-state index in [0.717, 1.165) is 12.8 Å². The third kappa shape index (κ3) is 5.28. The molecule has 1 aliphatic rings. The molecule has 8 nitrogen and oxygen atoms in total. The van der Waals surface area contributed by atoms with E-state index in [0.29, 0.717) is 36.9 Å². The monoisotopic (exact) mass is 433 g/mol. The van der Waals surface area contributed by atoms with Gasteiger partial charge in [0.2, 0.25) is 15.5 Å². The van der Waals surface area contributed by atoms with E-state index in [1.807, 2.05) is 13.8 Å². The number of rotatable bonds is 8. The number of amides is 1. The van der Waals surface area contributed by atoms with E-state index in [4.69, 9.17) is 4.74 Å². The van der Waals surface area contributed by atoms with Crippen molar-refractivity contribution < 1.29 is 17.9 Å². The van der Waals surface area contributed by atoms with Gasteiger partial charge in [0.15, 0.2) is 5.75 Å². The summed E-state index contributed by atoms with van der Waals surface area (Å²) >= 11 is 0. The molecule has 162 valence electrons. The Bertz CT molecular complexity index is 1040. The van der Waals surface area contributed by atoms with E-state index in [1.54, 1.807) is 0 Å². The molecular weight excluding hydrogens is 406 g/mol. The molecule has 0 spiro atoms. The van der Waals surface area contributed by atoms with Crippen molar-refractivity contribution in [1.29, 1.82) is 0 Å². The van der Waals surface area contributed by atoms with Crippen LogP contribution >= 0.6 is 0 Å². The normalized spacial score (nSPS) is 14.8. The fourth-order valence-electron chi connectivity index (χ4n) is 3.11. The van der Waals surface area contributed by atoms with Crippen molar-refractivity contribution in [3.05, 3.63) is 58.0 Å². The van der Waals surface area contributed by atoms with Gasteiger partial charge in [0, 0.05) is 36.6 Å². The second kappa shape index (κ2) is 9.44. The summed E-state index contributed by atoms with van der Waals surface area (Å²) in [6.45, 7) is 5.63. The van der Waals surface area contributed by atoms with Gasteiger partial charge in [0.25, 0.3) is 5.91 Å². The van der Waals surface area contributed by atoms with Crippen molar-refractivity contribution in [3.63, 3.8) is 0 Å². The molecule has 0 saturated carbocycles. The number of benzene rings is 1. The molecule has 0 unspecified atom stereocenters. The van der Waals surface area contributed by atoms with Crippen molar-refractivity contribution in [1.82, 2.24) is 14.6 Å². The Kier molecular flexibility index (Phi) is 6.94. The molecule has 0 bridgehead atoms. The molecule has 1 aliphatic heterocycles. The van der Waals surface area contributed by atoms with Crippen LogP contribution in [0.1, 0.15) is 42.7 Å². The van der Waals surface area contributed by atoms with Gasteiger partial charge in [0.05, 0.1) is 18.0 Å². The summed E-state index contributed by atoms with van der Waals surface area (Å²) in [5, 5.41) is 2.72. The maximum Gasteiger partial charge on any atom is 0.251 e. The number of aromatic nitrogens is 1. The van der Waals surface area contributed by atoms with Crippen LogP contribution in [0.3, 0.4) is 0 Å². The topological polar surface area (TPSA) is 109 Å². The smallest absolute Gasteiger partial charge is 0.251 e. The van der Waals surface area contributed by atoms with Crippen molar-refractivity contribution in [3.8, 4) is 5.75 Å². The maximum atomic E-state index is 12.6. The van der Waals surface area contributed by atoms with Gasteiger partial charge in [-0.05, 0) is 43.0 Å². The highest BCUT2D eigenvalue weighted by molar-refractivity contribution is 7.89. The molecule has 30 heavy (non-hydrogen) atoms. The summed E-state index contributed by atoms with van der Waals surface area (Å²) in [5.74, 6) is 0.190. The average Bonchev–Trinajstić information content (AvgIpc) is 3.27. The van der Waals surface area contributed by atoms with Crippen molar-refractivity contribution in [2.24, 2.45) is 5.92 Å². The standard InChI is InChI=1S/C21H27N3O5S/c1-15(2)14-29-20-13-22-17(11-19(20)25)12-23-21(26)16-5-7-18(8-6-16)30(27,28)24-9-3-4-10-24/h5-8,11,13,15H,3-4,9-10,12,14H2,1-2H3,(H,22,25)(H,23,26). The maximum absolute atomic E-state index is 12.6. The molecular formula is C21H27N3O5S. The van der Waals surface area contributed by atoms with Crippen LogP contribution in [0, 0.1) is 5.92 Å². The summed E-state index contributed by atoms with van der Waals surface area (Å²) in [4.78, 5) is 27.6. The predicted octanol–water partition coefficient (Wildman–Crippen LogP) is 2.12. The average molecular weight is 434 g/mol. The van der Waals surface area contributed by atoms with E-state index in [2.05, 4.69) is 10.3 Å². The highest BCUT2D eigenvalue weighted by Gasteiger charge is 2.27. The highest BCUT2D eigenvalue weighted by Crippen LogP contribution is 2.21. The minimum Gasteiger partial charge on any atom is -0.488 e. The van der Waals surface area contributed by atoms with E-state index in [1.165, 1.54) is 40.8 Å². The van der Waals surface area contributed by atoms with Gasteiger partial charge in [-0.1, -0.05) is 13.8 Å². The van der Waals surface area contributed by atoms with E-state index in [-0.39, 0.29) is 28.5 Å². The van der Waals surface area contributed by atoms with Crippen LogP contribution in [-0.4, -0.2) is 43.3 Å². The number of sulfonamides is 1. The Morgan fingerprint density at radius 1 is 1.20 bits per heavy atom. The molecule has 1 saturated heterocycles. The molecule has 9 heteroatoms. The van der Waals surface area contributed by atoms with Crippen LogP contribution in [0.2, 0.25) is 0 Å². The first kappa shape index (κ1) is 22.0. The Hall–Kier alpha value is -2.65. The van der Waals surface area contributed by atoms with Crippen LogP contribution < -0.4 is 15.5 Å². The van der Waals surface area contributed by atoms with Gasteiger partial charge < -0.3 is 15.0 Å². The third-order valence-electron chi connectivity index (χ3n) is 4.77.